The SMILES string of the molecule is CC(C)C(=O)CCCOc1ccc(Br)cc1. The van der Waals surface area contributed by atoms with E-state index >= 15 is 0 Å². The molecule has 0 atom stereocenters. The Labute approximate surface area is 105 Å². The molecule has 16 heavy (non-hydrogen) atoms. The van der Waals surface area contributed by atoms with Crippen molar-refractivity contribution in [2.75, 3.05) is 6.61 Å². The molecule has 0 amide bonds. The molecular formula is C13H17BrO2. The zero-order valence-electron chi connectivity index (χ0n) is 9.70. The molecule has 2 nitrogen and oxygen atoms in total. The van der Waals surface area contributed by atoms with Crippen molar-refractivity contribution in [3.8, 4) is 5.75 Å². The molecule has 0 saturated carbocycles. The van der Waals surface area contributed by atoms with E-state index in [-0.39, 0.29) is 5.92 Å². The van der Waals surface area contributed by atoms with Gasteiger partial charge in [-0.1, -0.05) is 29.8 Å². The molecule has 0 aliphatic rings. The summed E-state index contributed by atoms with van der Waals surface area (Å²) in [6.07, 6.45) is 1.39. The number of benzene rings is 1. The predicted octanol–water partition coefficient (Wildman–Crippen LogP) is 3.83. The molecule has 0 aliphatic carbocycles. The summed E-state index contributed by atoms with van der Waals surface area (Å²) in [5.74, 6) is 1.28. The average molecular weight is 285 g/mol. The Kier molecular flexibility index (Phi) is 5.53. The molecule has 0 N–H and O–H groups in total. The maximum Gasteiger partial charge on any atom is 0.135 e. The molecule has 1 aromatic rings. The second-order valence-electron chi connectivity index (χ2n) is 4.03. The molecular weight excluding hydrogens is 268 g/mol. The first-order valence-corrected chi connectivity index (χ1v) is 6.30. The minimum atomic E-state index is 0.132. The Morgan fingerprint density at radius 1 is 1.31 bits per heavy atom. The summed E-state index contributed by atoms with van der Waals surface area (Å²) >= 11 is 3.36. The number of ether oxygens (including phenoxy) is 1. The molecule has 0 bridgehead atoms. The lowest BCUT2D eigenvalue weighted by Gasteiger charge is -2.06. The Bertz CT molecular complexity index is 330. The normalized spacial score (nSPS) is 10.5. The minimum absolute atomic E-state index is 0.132. The summed E-state index contributed by atoms with van der Waals surface area (Å²) in [6, 6.07) is 7.70. The molecule has 0 radical (unpaired) electrons. The van der Waals surface area contributed by atoms with Crippen molar-refractivity contribution in [3.05, 3.63) is 28.7 Å². The molecule has 0 spiro atoms. The lowest BCUT2D eigenvalue weighted by Crippen LogP contribution is -2.08. The largest absolute Gasteiger partial charge is 0.494 e. The smallest absolute Gasteiger partial charge is 0.135 e. The van der Waals surface area contributed by atoms with Crippen molar-refractivity contribution < 1.29 is 9.53 Å². The van der Waals surface area contributed by atoms with Crippen LogP contribution in [0.25, 0.3) is 0 Å². The van der Waals surface area contributed by atoms with Crippen LogP contribution in [-0.2, 0) is 4.79 Å². The van der Waals surface area contributed by atoms with Gasteiger partial charge in [-0.15, -0.1) is 0 Å². The zero-order chi connectivity index (χ0) is 12.0. The minimum Gasteiger partial charge on any atom is -0.494 e. The van der Waals surface area contributed by atoms with E-state index in [1.54, 1.807) is 0 Å². The van der Waals surface area contributed by atoms with Gasteiger partial charge in [0.1, 0.15) is 11.5 Å². The molecule has 1 aromatic carbocycles. The van der Waals surface area contributed by atoms with E-state index in [0.717, 1.165) is 16.6 Å². The maximum absolute atomic E-state index is 11.3. The Morgan fingerprint density at radius 2 is 1.94 bits per heavy atom. The van der Waals surface area contributed by atoms with Crippen molar-refractivity contribution in [1.82, 2.24) is 0 Å². The molecule has 0 fully saturated rings. The van der Waals surface area contributed by atoms with E-state index in [0.29, 0.717) is 18.8 Å². The topological polar surface area (TPSA) is 26.3 Å². The summed E-state index contributed by atoms with van der Waals surface area (Å²) < 4.78 is 6.55. The van der Waals surface area contributed by atoms with Gasteiger partial charge in [0.15, 0.2) is 0 Å². The van der Waals surface area contributed by atoms with Crippen LogP contribution >= 0.6 is 15.9 Å². The van der Waals surface area contributed by atoms with Crippen LogP contribution in [0.2, 0.25) is 0 Å². The second-order valence-corrected chi connectivity index (χ2v) is 4.94. The predicted molar refractivity (Wildman–Crippen MR) is 68.7 cm³/mol. The van der Waals surface area contributed by atoms with Crippen LogP contribution in [0.4, 0.5) is 0 Å². The summed E-state index contributed by atoms with van der Waals surface area (Å²) in [4.78, 5) is 11.3. The number of hydrogen-bond donors (Lipinski definition) is 0. The second kappa shape index (κ2) is 6.69. The average Bonchev–Trinajstić information content (AvgIpc) is 2.26. The zero-order valence-corrected chi connectivity index (χ0v) is 11.3. The standard InChI is InChI=1S/C13H17BrO2/c1-10(2)13(15)4-3-9-16-12-7-5-11(14)6-8-12/h5-8,10H,3-4,9H2,1-2H3. The van der Waals surface area contributed by atoms with Gasteiger partial charge >= 0.3 is 0 Å². The maximum atomic E-state index is 11.3. The van der Waals surface area contributed by atoms with Crippen LogP contribution in [0.1, 0.15) is 26.7 Å². The fourth-order valence-electron chi connectivity index (χ4n) is 1.26. The van der Waals surface area contributed by atoms with Gasteiger partial charge in [-0.3, -0.25) is 4.79 Å². The number of carbonyl (C=O) groups excluding carboxylic acids is 1. The third-order valence-electron chi connectivity index (χ3n) is 2.29. The van der Waals surface area contributed by atoms with E-state index in [1.807, 2.05) is 38.1 Å². The highest BCUT2D eigenvalue weighted by Crippen LogP contribution is 2.16. The van der Waals surface area contributed by atoms with Gasteiger partial charge in [-0.05, 0) is 30.7 Å². The first-order chi connectivity index (χ1) is 7.59. The van der Waals surface area contributed by atoms with E-state index in [4.69, 9.17) is 4.74 Å². The van der Waals surface area contributed by atoms with Crippen molar-refractivity contribution in [1.29, 1.82) is 0 Å². The van der Waals surface area contributed by atoms with Gasteiger partial charge in [0.05, 0.1) is 6.61 Å². The number of Topliss-reactive ketones (excluding diaryl/α,β-unsaturated/α-hetero) is 1. The van der Waals surface area contributed by atoms with Crippen LogP contribution in [0, 0.1) is 5.92 Å². The Hall–Kier alpha value is -0.830. The van der Waals surface area contributed by atoms with Crippen molar-refractivity contribution in [3.63, 3.8) is 0 Å². The van der Waals surface area contributed by atoms with Gasteiger partial charge in [-0.2, -0.15) is 0 Å². The molecule has 0 heterocycles. The molecule has 0 aromatic heterocycles. The van der Waals surface area contributed by atoms with Crippen LogP contribution < -0.4 is 4.74 Å². The molecule has 0 aliphatic heterocycles. The third kappa shape index (κ3) is 4.79. The first-order valence-electron chi connectivity index (χ1n) is 5.50. The van der Waals surface area contributed by atoms with E-state index in [1.165, 1.54) is 0 Å². The molecule has 1 rings (SSSR count). The van der Waals surface area contributed by atoms with E-state index < -0.39 is 0 Å². The summed E-state index contributed by atoms with van der Waals surface area (Å²) in [5.41, 5.74) is 0. The fraction of sp³-hybridized carbons (Fsp3) is 0.462. The summed E-state index contributed by atoms with van der Waals surface area (Å²) in [5, 5.41) is 0. The first kappa shape index (κ1) is 13.2. The van der Waals surface area contributed by atoms with Crippen molar-refractivity contribution in [2.45, 2.75) is 26.7 Å². The lowest BCUT2D eigenvalue weighted by atomic mass is 10.1. The Morgan fingerprint density at radius 3 is 2.50 bits per heavy atom. The highest BCUT2D eigenvalue weighted by Gasteiger charge is 2.06. The monoisotopic (exact) mass is 284 g/mol. The van der Waals surface area contributed by atoms with E-state index in [2.05, 4.69) is 15.9 Å². The van der Waals surface area contributed by atoms with E-state index in [9.17, 15) is 4.79 Å². The summed E-state index contributed by atoms with van der Waals surface area (Å²) in [6.45, 7) is 4.45. The lowest BCUT2D eigenvalue weighted by molar-refractivity contribution is -0.122. The van der Waals surface area contributed by atoms with Gasteiger partial charge in [-0.25, -0.2) is 0 Å². The van der Waals surface area contributed by atoms with Crippen molar-refractivity contribution >= 4 is 21.7 Å². The third-order valence-corrected chi connectivity index (χ3v) is 2.82. The number of rotatable bonds is 6. The number of hydrogen-bond acceptors (Lipinski definition) is 2. The van der Waals surface area contributed by atoms with Crippen LogP contribution in [-0.4, -0.2) is 12.4 Å². The fourth-order valence-corrected chi connectivity index (χ4v) is 1.52. The van der Waals surface area contributed by atoms with Gasteiger partial charge in [0.25, 0.3) is 0 Å². The van der Waals surface area contributed by atoms with Crippen LogP contribution in [0.3, 0.4) is 0 Å². The highest BCUT2D eigenvalue weighted by atomic mass is 79.9. The van der Waals surface area contributed by atoms with Crippen LogP contribution in [0.15, 0.2) is 28.7 Å². The van der Waals surface area contributed by atoms with Crippen molar-refractivity contribution in [2.24, 2.45) is 5.92 Å². The van der Waals surface area contributed by atoms with Gasteiger partial charge in [0, 0.05) is 16.8 Å². The van der Waals surface area contributed by atoms with Gasteiger partial charge < -0.3 is 4.74 Å². The molecule has 88 valence electrons. The molecule has 3 heteroatoms. The molecule has 0 unspecified atom stereocenters. The number of carbonyl (C=O) groups is 1. The van der Waals surface area contributed by atoms with Crippen LogP contribution in [0.5, 0.6) is 5.75 Å². The highest BCUT2D eigenvalue weighted by molar-refractivity contribution is 9.10. The van der Waals surface area contributed by atoms with Gasteiger partial charge in [0.2, 0.25) is 0 Å². The Balaban J connectivity index is 2.21. The summed E-state index contributed by atoms with van der Waals surface area (Å²) in [7, 11) is 0. The number of halogens is 1. The molecule has 0 saturated heterocycles. The quantitative estimate of drug-likeness (QED) is 0.742. The number of ketones is 1.